The molecule has 2 aromatic heterocycles. The average Bonchev–Trinajstić information content (AvgIpc) is 2.75. The van der Waals surface area contributed by atoms with Gasteiger partial charge in [0.15, 0.2) is 0 Å². The van der Waals surface area contributed by atoms with Gasteiger partial charge in [-0.25, -0.2) is 0 Å². The Morgan fingerprint density at radius 2 is 2.25 bits per heavy atom. The molecule has 0 saturated carbocycles. The van der Waals surface area contributed by atoms with Crippen molar-refractivity contribution in [2.45, 2.75) is 6.04 Å². The van der Waals surface area contributed by atoms with Crippen LogP contribution in [-0.2, 0) is 0 Å². The van der Waals surface area contributed by atoms with Gasteiger partial charge in [0.25, 0.3) is 0 Å². The Morgan fingerprint density at radius 1 is 1.44 bits per heavy atom. The van der Waals surface area contributed by atoms with Crippen molar-refractivity contribution >= 4 is 31.9 Å². The summed E-state index contributed by atoms with van der Waals surface area (Å²) in [7, 11) is 1.90. The largest absolute Gasteiger partial charge is 0.472 e. The molecule has 0 radical (unpaired) electrons. The molecule has 0 aliphatic heterocycles. The lowest BCUT2D eigenvalue weighted by molar-refractivity contribution is 0.556. The van der Waals surface area contributed by atoms with Gasteiger partial charge >= 0.3 is 0 Å². The smallest absolute Gasteiger partial charge is 0.0954 e. The van der Waals surface area contributed by atoms with Gasteiger partial charge in [-0.2, -0.15) is 0 Å². The first kappa shape index (κ1) is 11.8. The van der Waals surface area contributed by atoms with Gasteiger partial charge in [-0.15, -0.1) is 0 Å². The van der Waals surface area contributed by atoms with Gasteiger partial charge in [0.1, 0.15) is 0 Å². The van der Waals surface area contributed by atoms with E-state index in [2.05, 4.69) is 42.2 Å². The molecule has 1 atom stereocenters. The van der Waals surface area contributed by atoms with Gasteiger partial charge in [-0.05, 0) is 51.0 Å². The molecular formula is C11H10Br2N2O. The van der Waals surface area contributed by atoms with Crippen molar-refractivity contribution in [2.75, 3.05) is 7.05 Å². The number of hydrogen-bond acceptors (Lipinski definition) is 3. The second kappa shape index (κ2) is 5.12. The number of nitrogens with zero attached hydrogens (tertiary/aromatic N) is 1. The van der Waals surface area contributed by atoms with E-state index in [1.807, 2.05) is 19.2 Å². The third kappa shape index (κ3) is 2.36. The van der Waals surface area contributed by atoms with Crippen LogP contribution in [0.3, 0.4) is 0 Å². The van der Waals surface area contributed by atoms with E-state index in [4.69, 9.17) is 4.42 Å². The second-order valence-electron chi connectivity index (χ2n) is 3.30. The molecule has 0 saturated heterocycles. The monoisotopic (exact) mass is 344 g/mol. The lowest BCUT2D eigenvalue weighted by Gasteiger charge is -2.15. The fraction of sp³-hybridized carbons (Fsp3) is 0.182. The van der Waals surface area contributed by atoms with Crippen molar-refractivity contribution in [3.05, 3.63) is 51.1 Å². The average molecular weight is 346 g/mol. The first-order valence-corrected chi connectivity index (χ1v) is 6.31. The van der Waals surface area contributed by atoms with Crippen LogP contribution in [0, 0.1) is 0 Å². The van der Waals surface area contributed by atoms with Crippen molar-refractivity contribution in [2.24, 2.45) is 0 Å². The summed E-state index contributed by atoms with van der Waals surface area (Å²) in [5.41, 5.74) is 1.99. The lowest BCUT2D eigenvalue weighted by Crippen LogP contribution is -2.18. The first-order chi connectivity index (χ1) is 7.72. The summed E-state index contributed by atoms with van der Waals surface area (Å²) in [6.07, 6.45) is 5.16. The number of aromatic nitrogens is 1. The normalized spacial score (nSPS) is 12.7. The maximum Gasteiger partial charge on any atom is 0.0954 e. The Morgan fingerprint density at radius 3 is 2.81 bits per heavy atom. The molecule has 0 aliphatic rings. The molecule has 0 aromatic carbocycles. The zero-order chi connectivity index (χ0) is 11.5. The summed E-state index contributed by atoms with van der Waals surface area (Å²) in [5, 5.41) is 3.21. The number of nitrogens with one attached hydrogen (secondary N) is 1. The molecule has 84 valence electrons. The summed E-state index contributed by atoms with van der Waals surface area (Å²) in [6.45, 7) is 0. The predicted octanol–water partition coefficient (Wildman–Crippen LogP) is 3.51. The molecule has 2 heterocycles. The molecule has 1 unspecified atom stereocenters. The van der Waals surface area contributed by atoms with Gasteiger partial charge in [0.2, 0.25) is 0 Å². The topological polar surface area (TPSA) is 38.1 Å². The number of pyridine rings is 1. The lowest BCUT2D eigenvalue weighted by atomic mass is 10.1. The molecule has 3 nitrogen and oxygen atoms in total. The summed E-state index contributed by atoms with van der Waals surface area (Å²) < 4.78 is 7.00. The summed E-state index contributed by atoms with van der Waals surface area (Å²) >= 11 is 6.90. The Bertz CT molecular complexity index is 471. The van der Waals surface area contributed by atoms with E-state index in [-0.39, 0.29) is 6.04 Å². The minimum absolute atomic E-state index is 0.0289. The first-order valence-electron chi connectivity index (χ1n) is 4.72. The molecular weight excluding hydrogens is 336 g/mol. The SMILES string of the molecule is CNC(c1ccoc1)c1ncc(Br)cc1Br. The molecule has 0 bridgehead atoms. The highest BCUT2D eigenvalue weighted by molar-refractivity contribution is 9.11. The van der Waals surface area contributed by atoms with E-state index in [1.54, 1.807) is 18.7 Å². The molecule has 2 aromatic rings. The molecule has 0 fully saturated rings. The van der Waals surface area contributed by atoms with Gasteiger partial charge in [-0.3, -0.25) is 4.98 Å². The predicted molar refractivity (Wildman–Crippen MR) is 69.2 cm³/mol. The Kier molecular flexibility index (Phi) is 3.78. The zero-order valence-corrected chi connectivity index (χ0v) is 11.7. The fourth-order valence-electron chi connectivity index (χ4n) is 1.54. The van der Waals surface area contributed by atoms with Crippen molar-refractivity contribution in [1.29, 1.82) is 0 Å². The van der Waals surface area contributed by atoms with E-state index in [9.17, 15) is 0 Å². The van der Waals surface area contributed by atoms with Gasteiger partial charge < -0.3 is 9.73 Å². The van der Waals surface area contributed by atoms with Crippen LogP contribution >= 0.6 is 31.9 Å². The number of rotatable bonds is 3. The number of hydrogen-bond donors (Lipinski definition) is 1. The van der Waals surface area contributed by atoms with E-state index in [1.165, 1.54) is 0 Å². The van der Waals surface area contributed by atoms with Crippen LogP contribution in [-0.4, -0.2) is 12.0 Å². The maximum atomic E-state index is 5.09. The standard InChI is InChI=1S/C11H10Br2N2O/c1-14-10(7-2-3-16-6-7)11-9(13)4-8(12)5-15-11/h2-6,10,14H,1H3. The maximum absolute atomic E-state index is 5.09. The third-order valence-corrected chi connectivity index (χ3v) is 3.34. The Hall–Kier alpha value is -0.650. The van der Waals surface area contributed by atoms with Crippen molar-refractivity contribution in [1.82, 2.24) is 10.3 Å². The summed E-state index contributed by atoms with van der Waals surface area (Å²) in [5.74, 6) is 0. The molecule has 5 heteroatoms. The highest BCUT2D eigenvalue weighted by atomic mass is 79.9. The Labute approximate surface area is 111 Å². The van der Waals surface area contributed by atoms with Gasteiger partial charge in [0.05, 0.1) is 24.3 Å². The zero-order valence-electron chi connectivity index (χ0n) is 8.58. The summed E-state index contributed by atoms with van der Waals surface area (Å²) in [4.78, 5) is 4.41. The van der Waals surface area contributed by atoms with Gasteiger partial charge in [0, 0.05) is 20.7 Å². The Balaban J connectivity index is 2.41. The minimum Gasteiger partial charge on any atom is -0.472 e. The van der Waals surface area contributed by atoms with Crippen LogP contribution < -0.4 is 5.32 Å². The molecule has 0 spiro atoms. The van der Waals surface area contributed by atoms with Crippen LogP contribution in [0.1, 0.15) is 17.3 Å². The number of furan rings is 1. The van der Waals surface area contributed by atoms with Crippen molar-refractivity contribution < 1.29 is 4.42 Å². The molecule has 16 heavy (non-hydrogen) atoms. The minimum atomic E-state index is 0.0289. The van der Waals surface area contributed by atoms with Crippen molar-refractivity contribution in [3.63, 3.8) is 0 Å². The molecule has 0 aliphatic carbocycles. The second-order valence-corrected chi connectivity index (χ2v) is 5.07. The number of halogens is 2. The van der Waals surface area contributed by atoms with Crippen LogP contribution in [0.4, 0.5) is 0 Å². The van der Waals surface area contributed by atoms with Gasteiger partial charge in [-0.1, -0.05) is 0 Å². The van der Waals surface area contributed by atoms with E-state index >= 15 is 0 Å². The van der Waals surface area contributed by atoms with E-state index < -0.39 is 0 Å². The van der Waals surface area contributed by atoms with E-state index in [0.717, 1.165) is 20.2 Å². The highest BCUT2D eigenvalue weighted by Gasteiger charge is 2.17. The summed E-state index contributed by atoms with van der Waals surface area (Å²) in [6, 6.07) is 3.94. The van der Waals surface area contributed by atoms with Crippen LogP contribution in [0.25, 0.3) is 0 Å². The molecule has 2 rings (SSSR count). The van der Waals surface area contributed by atoms with Crippen LogP contribution in [0.5, 0.6) is 0 Å². The molecule has 1 N–H and O–H groups in total. The van der Waals surface area contributed by atoms with Crippen LogP contribution in [0.15, 0.2) is 44.2 Å². The quantitative estimate of drug-likeness (QED) is 0.925. The fourth-order valence-corrected chi connectivity index (χ4v) is 2.75. The highest BCUT2D eigenvalue weighted by Crippen LogP contribution is 2.28. The molecule has 0 amide bonds. The van der Waals surface area contributed by atoms with E-state index in [0.29, 0.717) is 0 Å². The third-order valence-electron chi connectivity index (χ3n) is 2.27. The van der Waals surface area contributed by atoms with Crippen LogP contribution in [0.2, 0.25) is 0 Å². The van der Waals surface area contributed by atoms with Crippen molar-refractivity contribution in [3.8, 4) is 0 Å².